The van der Waals surface area contributed by atoms with Crippen molar-refractivity contribution in [2.45, 2.75) is 13.0 Å². The average molecular weight is 438 g/mol. The molecule has 4 N–H and O–H groups in total. The second-order valence-electron chi connectivity index (χ2n) is 7.47. The third-order valence-electron chi connectivity index (χ3n) is 4.99. The number of carbonyl (C=O) groups excluding carboxylic acids is 1. The highest BCUT2D eigenvalue weighted by Gasteiger charge is 2.29. The fourth-order valence-electron chi connectivity index (χ4n) is 3.31. The summed E-state index contributed by atoms with van der Waals surface area (Å²) in [4.78, 5) is 30.3. The van der Waals surface area contributed by atoms with Crippen molar-refractivity contribution in [1.29, 1.82) is 0 Å². The number of benzene rings is 1. The molecule has 4 rings (SSSR count). The highest BCUT2D eigenvalue weighted by atomic mass is 19.1. The van der Waals surface area contributed by atoms with Crippen LogP contribution in [0.15, 0.2) is 48.9 Å². The smallest absolute Gasteiger partial charge is 0.404 e. The monoisotopic (exact) mass is 438 g/mol. The molecular weight excluding hydrogens is 415 g/mol. The van der Waals surface area contributed by atoms with Gasteiger partial charge in [0.15, 0.2) is 0 Å². The number of amides is 1. The molecule has 1 aliphatic heterocycles. The first-order valence-electron chi connectivity index (χ1n) is 10.1. The Kier molecular flexibility index (Phi) is 6.24. The number of nitrogens with zero attached hydrogens (tertiary/aromatic N) is 5. The van der Waals surface area contributed by atoms with Crippen molar-refractivity contribution < 1.29 is 13.9 Å². The van der Waals surface area contributed by atoms with E-state index in [2.05, 4.69) is 30.6 Å². The fraction of sp³-hybridized carbons (Fsp3) is 0.286. The van der Waals surface area contributed by atoms with Gasteiger partial charge in [-0.25, -0.2) is 14.2 Å². The van der Waals surface area contributed by atoms with E-state index in [-0.39, 0.29) is 24.4 Å². The zero-order valence-electron chi connectivity index (χ0n) is 17.4. The number of hydrogen-bond donors (Lipinski definition) is 3. The highest BCUT2D eigenvalue weighted by molar-refractivity contribution is 5.64. The van der Waals surface area contributed by atoms with Crippen LogP contribution < -0.4 is 21.3 Å². The van der Waals surface area contributed by atoms with E-state index in [0.29, 0.717) is 36.5 Å². The van der Waals surface area contributed by atoms with Gasteiger partial charge in [0, 0.05) is 37.5 Å². The van der Waals surface area contributed by atoms with Gasteiger partial charge in [0.05, 0.1) is 18.8 Å². The lowest BCUT2D eigenvalue weighted by molar-refractivity contribution is 0.127. The third kappa shape index (κ3) is 5.36. The maximum Gasteiger partial charge on any atom is 0.404 e. The maximum atomic E-state index is 13.3. The first-order valence-corrected chi connectivity index (χ1v) is 10.1. The summed E-state index contributed by atoms with van der Waals surface area (Å²) >= 11 is 0. The summed E-state index contributed by atoms with van der Waals surface area (Å²) < 4.78 is 18.1. The van der Waals surface area contributed by atoms with Crippen molar-refractivity contribution in [3.63, 3.8) is 0 Å². The van der Waals surface area contributed by atoms with Gasteiger partial charge in [-0.15, -0.1) is 0 Å². The van der Waals surface area contributed by atoms with E-state index in [1.54, 1.807) is 30.7 Å². The summed E-state index contributed by atoms with van der Waals surface area (Å²) in [6, 6.07) is 7.93. The van der Waals surface area contributed by atoms with E-state index in [9.17, 15) is 9.18 Å². The van der Waals surface area contributed by atoms with Crippen molar-refractivity contribution in [1.82, 2.24) is 19.9 Å². The normalized spacial score (nSPS) is 14.4. The molecule has 3 aromatic rings. The standard InChI is InChI=1S/C21H23FN8O2/c1-13(15-2-4-16(22)5-3-15)26-21-28-17(27-18-9-24-6-7-25-18)8-19(29-21)30-10-14(11-30)12-32-20(23)31/h2-9,13-14H,10-12H2,1H3,(H2,23,31)(H2,25,26,27,28,29). The molecule has 0 spiro atoms. The molecule has 1 aliphatic rings. The molecule has 0 radical (unpaired) electrons. The molecule has 1 amide bonds. The molecule has 11 heteroatoms. The van der Waals surface area contributed by atoms with Crippen LogP contribution in [0, 0.1) is 11.7 Å². The average Bonchev–Trinajstić information content (AvgIpc) is 2.73. The van der Waals surface area contributed by atoms with Gasteiger partial charge < -0.3 is 26.0 Å². The Hall–Kier alpha value is -4.02. The van der Waals surface area contributed by atoms with E-state index >= 15 is 0 Å². The van der Waals surface area contributed by atoms with Crippen LogP contribution in [0.5, 0.6) is 0 Å². The molecule has 3 heterocycles. The Morgan fingerprint density at radius 1 is 1.25 bits per heavy atom. The summed E-state index contributed by atoms with van der Waals surface area (Å²) in [5.41, 5.74) is 5.94. The summed E-state index contributed by atoms with van der Waals surface area (Å²) in [5.74, 6) is 2.09. The van der Waals surface area contributed by atoms with Crippen LogP contribution in [0.1, 0.15) is 18.5 Å². The van der Waals surface area contributed by atoms with E-state index in [0.717, 1.165) is 5.56 Å². The summed E-state index contributed by atoms with van der Waals surface area (Å²) in [5, 5.41) is 6.40. The first-order chi connectivity index (χ1) is 15.5. The minimum absolute atomic E-state index is 0.150. The molecule has 32 heavy (non-hydrogen) atoms. The van der Waals surface area contributed by atoms with Gasteiger partial charge in [0.25, 0.3) is 0 Å². The SMILES string of the molecule is CC(Nc1nc(Nc2cnccn2)cc(N2CC(COC(N)=O)C2)n1)c1ccc(F)cc1. The molecule has 1 aromatic carbocycles. The first kappa shape index (κ1) is 21.2. The number of anilines is 4. The molecule has 1 atom stereocenters. The van der Waals surface area contributed by atoms with E-state index in [4.69, 9.17) is 10.5 Å². The topological polar surface area (TPSA) is 131 Å². The molecule has 1 unspecified atom stereocenters. The third-order valence-corrected chi connectivity index (χ3v) is 4.99. The molecule has 2 aromatic heterocycles. The van der Waals surface area contributed by atoms with Crippen LogP contribution in [0.4, 0.5) is 32.6 Å². The summed E-state index contributed by atoms with van der Waals surface area (Å²) in [7, 11) is 0. The van der Waals surface area contributed by atoms with Gasteiger partial charge in [-0.05, 0) is 24.6 Å². The molecule has 0 aliphatic carbocycles. The largest absolute Gasteiger partial charge is 0.449 e. The van der Waals surface area contributed by atoms with Gasteiger partial charge in [0.1, 0.15) is 23.3 Å². The lowest BCUT2D eigenvalue weighted by Crippen LogP contribution is -2.49. The molecule has 10 nitrogen and oxygen atoms in total. The molecule has 1 fully saturated rings. The lowest BCUT2D eigenvalue weighted by Gasteiger charge is -2.39. The Morgan fingerprint density at radius 2 is 2.03 bits per heavy atom. The van der Waals surface area contributed by atoms with Crippen molar-refractivity contribution in [3.05, 3.63) is 60.3 Å². The molecule has 1 saturated heterocycles. The number of nitrogens with one attached hydrogen (secondary N) is 2. The number of primary amides is 1. The Labute approximate surface area is 184 Å². The second-order valence-corrected chi connectivity index (χ2v) is 7.47. The van der Waals surface area contributed by atoms with E-state index < -0.39 is 6.09 Å². The van der Waals surface area contributed by atoms with Crippen LogP contribution in [-0.4, -0.2) is 45.7 Å². The predicted molar refractivity (Wildman–Crippen MR) is 117 cm³/mol. The van der Waals surface area contributed by atoms with Crippen molar-refractivity contribution in [2.24, 2.45) is 11.7 Å². The second kappa shape index (κ2) is 9.41. The Balaban J connectivity index is 1.52. The van der Waals surface area contributed by atoms with Gasteiger partial charge in [-0.1, -0.05) is 12.1 Å². The quantitative estimate of drug-likeness (QED) is 0.486. The van der Waals surface area contributed by atoms with Gasteiger partial charge >= 0.3 is 6.09 Å². The van der Waals surface area contributed by atoms with Crippen molar-refractivity contribution >= 4 is 29.5 Å². The zero-order valence-corrected chi connectivity index (χ0v) is 17.4. The minimum Gasteiger partial charge on any atom is -0.449 e. The van der Waals surface area contributed by atoms with Crippen LogP contribution in [0.25, 0.3) is 0 Å². The minimum atomic E-state index is -0.776. The number of aromatic nitrogens is 4. The molecule has 0 saturated carbocycles. The van der Waals surface area contributed by atoms with Gasteiger partial charge in [0.2, 0.25) is 5.95 Å². The van der Waals surface area contributed by atoms with Gasteiger partial charge in [-0.3, -0.25) is 4.98 Å². The van der Waals surface area contributed by atoms with Crippen molar-refractivity contribution in [2.75, 3.05) is 35.2 Å². The summed E-state index contributed by atoms with van der Waals surface area (Å²) in [6.07, 6.45) is 3.99. The van der Waals surface area contributed by atoms with Crippen LogP contribution in [0.2, 0.25) is 0 Å². The van der Waals surface area contributed by atoms with Gasteiger partial charge in [-0.2, -0.15) is 9.97 Å². The predicted octanol–water partition coefficient (Wildman–Crippen LogP) is 2.85. The number of ether oxygens (including phenoxy) is 1. The highest BCUT2D eigenvalue weighted by Crippen LogP contribution is 2.28. The number of hydrogen-bond acceptors (Lipinski definition) is 9. The van der Waals surface area contributed by atoms with Crippen molar-refractivity contribution in [3.8, 4) is 0 Å². The Bertz CT molecular complexity index is 1060. The lowest BCUT2D eigenvalue weighted by atomic mass is 10.0. The van der Waals surface area contributed by atoms with Crippen LogP contribution in [0.3, 0.4) is 0 Å². The number of carbonyl (C=O) groups is 1. The zero-order chi connectivity index (χ0) is 22.5. The molecule has 0 bridgehead atoms. The van der Waals surface area contributed by atoms with E-state index in [1.165, 1.54) is 12.1 Å². The number of rotatable bonds is 8. The number of nitrogens with two attached hydrogens (primary N) is 1. The Morgan fingerprint density at radius 3 is 2.72 bits per heavy atom. The fourth-order valence-corrected chi connectivity index (χ4v) is 3.31. The van der Waals surface area contributed by atoms with Crippen LogP contribution >= 0.6 is 0 Å². The number of halogens is 1. The summed E-state index contributed by atoms with van der Waals surface area (Å²) in [6.45, 7) is 3.55. The molecule has 166 valence electrons. The van der Waals surface area contributed by atoms with Crippen LogP contribution in [-0.2, 0) is 4.74 Å². The van der Waals surface area contributed by atoms with E-state index in [1.807, 2.05) is 17.9 Å². The molecular formula is C21H23FN8O2. The maximum absolute atomic E-state index is 13.3.